The van der Waals surface area contributed by atoms with Gasteiger partial charge in [-0.3, -0.25) is 4.79 Å². The van der Waals surface area contributed by atoms with Gasteiger partial charge in [-0.15, -0.1) is 5.10 Å². The van der Waals surface area contributed by atoms with E-state index in [1.54, 1.807) is 31.4 Å². The summed E-state index contributed by atoms with van der Waals surface area (Å²) in [6.45, 7) is 1.21. The summed E-state index contributed by atoms with van der Waals surface area (Å²) in [5, 5.41) is 9.29. The molecule has 1 amide bonds. The number of rotatable bonds is 6. The van der Waals surface area contributed by atoms with Crippen LogP contribution in [0.15, 0.2) is 28.7 Å². The van der Waals surface area contributed by atoms with Gasteiger partial charge in [0.25, 0.3) is 10.7 Å². The zero-order valence-electron chi connectivity index (χ0n) is 11.0. The molecule has 2 aromatic rings. The molecule has 0 spiro atoms. The molecule has 0 saturated carbocycles. The molecular weight excluding hydrogens is 278 g/mol. The van der Waals surface area contributed by atoms with E-state index in [-0.39, 0.29) is 10.7 Å². The van der Waals surface area contributed by atoms with Crippen molar-refractivity contribution in [1.29, 1.82) is 0 Å². The minimum Gasteiger partial charge on any atom is -0.409 e. The van der Waals surface area contributed by atoms with E-state index in [9.17, 15) is 4.79 Å². The molecule has 0 atom stereocenters. The van der Waals surface area contributed by atoms with Gasteiger partial charge < -0.3 is 14.5 Å². The molecule has 1 aromatic carbocycles. The van der Waals surface area contributed by atoms with Crippen LogP contribution in [0.1, 0.15) is 16.8 Å². The van der Waals surface area contributed by atoms with E-state index in [1.165, 1.54) is 0 Å². The van der Waals surface area contributed by atoms with Crippen molar-refractivity contribution in [2.75, 3.05) is 20.3 Å². The van der Waals surface area contributed by atoms with Crippen LogP contribution in [0.5, 0.6) is 0 Å². The fourth-order valence-corrected chi connectivity index (χ4v) is 1.76. The number of carbonyl (C=O) groups is 1. The fourth-order valence-electron chi connectivity index (χ4n) is 1.64. The van der Waals surface area contributed by atoms with E-state index >= 15 is 0 Å². The molecule has 7 heteroatoms. The minimum absolute atomic E-state index is 0.115. The van der Waals surface area contributed by atoms with Crippen molar-refractivity contribution >= 4 is 18.1 Å². The molecule has 0 bridgehead atoms. The third kappa shape index (κ3) is 3.75. The first-order valence-electron chi connectivity index (χ1n) is 6.14. The largest absolute Gasteiger partial charge is 0.409 e. The number of amides is 1. The molecule has 0 unspecified atom stereocenters. The highest BCUT2D eigenvalue weighted by molar-refractivity contribution is 7.71. The smallest absolute Gasteiger partial charge is 0.284 e. The Morgan fingerprint density at radius 3 is 2.80 bits per heavy atom. The van der Waals surface area contributed by atoms with Crippen LogP contribution in [0.25, 0.3) is 11.5 Å². The number of ether oxygens (including phenoxy) is 1. The van der Waals surface area contributed by atoms with E-state index < -0.39 is 0 Å². The Labute approximate surface area is 121 Å². The Balaban J connectivity index is 1.97. The Morgan fingerprint density at radius 2 is 2.20 bits per heavy atom. The molecule has 6 nitrogen and oxygen atoms in total. The van der Waals surface area contributed by atoms with Gasteiger partial charge >= 0.3 is 0 Å². The summed E-state index contributed by atoms with van der Waals surface area (Å²) >= 11 is 4.81. The second kappa shape index (κ2) is 6.97. The summed E-state index contributed by atoms with van der Waals surface area (Å²) in [6.07, 6.45) is 0.786. The zero-order valence-corrected chi connectivity index (χ0v) is 11.8. The van der Waals surface area contributed by atoms with Gasteiger partial charge in [0.15, 0.2) is 0 Å². The maximum atomic E-state index is 11.8. The lowest BCUT2D eigenvalue weighted by atomic mass is 10.1. The molecule has 2 rings (SSSR count). The molecular formula is C13H15N3O3S. The lowest BCUT2D eigenvalue weighted by Crippen LogP contribution is -2.25. The molecule has 1 heterocycles. The first-order chi connectivity index (χ1) is 9.70. The van der Waals surface area contributed by atoms with Gasteiger partial charge in [0.2, 0.25) is 5.89 Å². The van der Waals surface area contributed by atoms with Gasteiger partial charge in [0, 0.05) is 31.4 Å². The molecule has 106 valence electrons. The molecule has 2 N–H and O–H groups in total. The summed E-state index contributed by atoms with van der Waals surface area (Å²) in [5.41, 5.74) is 1.34. The Bertz CT molecular complexity index is 618. The summed E-state index contributed by atoms with van der Waals surface area (Å²) in [4.78, 5) is 12.1. The lowest BCUT2D eigenvalue weighted by molar-refractivity contribution is 0.0948. The maximum absolute atomic E-state index is 11.8. The number of aromatic nitrogens is 2. The Hall–Kier alpha value is -1.99. The monoisotopic (exact) mass is 293 g/mol. The predicted molar refractivity (Wildman–Crippen MR) is 75.9 cm³/mol. The molecule has 0 aliphatic rings. The average molecular weight is 293 g/mol. The van der Waals surface area contributed by atoms with Gasteiger partial charge in [-0.25, -0.2) is 5.10 Å². The van der Waals surface area contributed by atoms with Crippen LogP contribution in [-0.4, -0.2) is 36.4 Å². The number of nitrogens with zero attached hydrogens (tertiary/aromatic N) is 1. The van der Waals surface area contributed by atoms with Crippen molar-refractivity contribution in [3.63, 3.8) is 0 Å². The summed E-state index contributed by atoms with van der Waals surface area (Å²) in [5.74, 6) is 0.289. The maximum Gasteiger partial charge on any atom is 0.284 e. The Kier molecular flexibility index (Phi) is 5.03. The summed E-state index contributed by atoms with van der Waals surface area (Å²) in [6, 6.07) is 6.96. The molecule has 0 aliphatic carbocycles. The highest BCUT2D eigenvalue weighted by Crippen LogP contribution is 2.17. The number of hydrogen-bond acceptors (Lipinski definition) is 5. The van der Waals surface area contributed by atoms with Crippen molar-refractivity contribution in [3.05, 3.63) is 34.7 Å². The predicted octanol–water partition coefficient (Wildman–Crippen LogP) is 2.17. The van der Waals surface area contributed by atoms with Crippen LogP contribution < -0.4 is 5.32 Å². The average Bonchev–Trinajstić information content (AvgIpc) is 2.90. The number of hydrogen-bond donors (Lipinski definition) is 2. The number of benzene rings is 1. The minimum atomic E-state index is -0.115. The number of H-pyrrole nitrogens is 1. The number of aromatic amines is 1. The Morgan fingerprint density at radius 1 is 1.45 bits per heavy atom. The van der Waals surface area contributed by atoms with Gasteiger partial charge in [-0.1, -0.05) is 0 Å². The van der Waals surface area contributed by atoms with Crippen LogP contribution in [0.3, 0.4) is 0 Å². The highest BCUT2D eigenvalue weighted by atomic mass is 32.1. The summed E-state index contributed by atoms with van der Waals surface area (Å²) < 4.78 is 10.1. The normalized spacial score (nSPS) is 10.4. The van der Waals surface area contributed by atoms with Crippen molar-refractivity contribution in [2.24, 2.45) is 0 Å². The standard InChI is InChI=1S/C13H15N3O3S/c1-18-8-2-7-14-11(17)9-3-5-10(6-4-9)12-15-16-13(20)19-12/h3-6H,2,7-8H2,1H3,(H,14,17)(H,16,20). The third-order valence-electron chi connectivity index (χ3n) is 2.64. The molecule has 0 saturated heterocycles. The van der Waals surface area contributed by atoms with Crippen LogP contribution in [0, 0.1) is 4.84 Å². The van der Waals surface area contributed by atoms with Gasteiger partial charge in [-0.05, 0) is 42.9 Å². The van der Waals surface area contributed by atoms with E-state index in [2.05, 4.69) is 15.5 Å². The number of nitrogens with one attached hydrogen (secondary N) is 2. The van der Waals surface area contributed by atoms with Crippen molar-refractivity contribution in [2.45, 2.75) is 6.42 Å². The second-order valence-corrected chi connectivity index (χ2v) is 4.47. The van der Waals surface area contributed by atoms with E-state index in [0.29, 0.717) is 24.6 Å². The van der Waals surface area contributed by atoms with Crippen LogP contribution >= 0.6 is 12.2 Å². The van der Waals surface area contributed by atoms with Crippen molar-refractivity contribution in [1.82, 2.24) is 15.5 Å². The second-order valence-electron chi connectivity index (χ2n) is 4.10. The number of carbonyl (C=O) groups excluding carboxylic acids is 1. The first-order valence-corrected chi connectivity index (χ1v) is 6.54. The van der Waals surface area contributed by atoms with E-state index in [0.717, 1.165) is 12.0 Å². The zero-order chi connectivity index (χ0) is 14.4. The highest BCUT2D eigenvalue weighted by Gasteiger charge is 2.07. The van der Waals surface area contributed by atoms with Crippen LogP contribution in [-0.2, 0) is 4.74 Å². The molecule has 0 fully saturated rings. The molecule has 0 radical (unpaired) electrons. The fraction of sp³-hybridized carbons (Fsp3) is 0.308. The molecule has 20 heavy (non-hydrogen) atoms. The van der Waals surface area contributed by atoms with E-state index in [4.69, 9.17) is 21.4 Å². The van der Waals surface area contributed by atoms with Crippen LogP contribution in [0.2, 0.25) is 0 Å². The third-order valence-corrected chi connectivity index (χ3v) is 2.82. The van der Waals surface area contributed by atoms with Gasteiger partial charge in [0.05, 0.1) is 0 Å². The molecule has 0 aliphatic heterocycles. The van der Waals surface area contributed by atoms with Gasteiger partial charge in [0.1, 0.15) is 0 Å². The molecule has 1 aromatic heterocycles. The SMILES string of the molecule is COCCCNC(=O)c1ccc(-c2n[nH]c(=S)o2)cc1. The van der Waals surface area contributed by atoms with Gasteiger partial charge in [-0.2, -0.15) is 0 Å². The van der Waals surface area contributed by atoms with Crippen LogP contribution in [0.4, 0.5) is 0 Å². The van der Waals surface area contributed by atoms with E-state index in [1.807, 2.05) is 0 Å². The quantitative estimate of drug-likeness (QED) is 0.630. The summed E-state index contributed by atoms with van der Waals surface area (Å²) in [7, 11) is 1.63. The first kappa shape index (κ1) is 14.4. The number of methoxy groups -OCH3 is 1. The van der Waals surface area contributed by atoms with Crippen molar-refractivity contribution < 1.29 is 13.9 Å². The van der Waals surface area contributed by atoms with Crippen molar-refractivity contribution in [3.8, 4) is 11.5 Å². The topological polar surface area (TPSA) is 80.1 Å². The lowest BCUT2D eigenvalue weighted by Gasteiger charge is -2.05.